The summed E-state index contributed by atoms with van der Waals surface area (Å²) in [5.74, 6) is -0.160. The van der Waals surface area contributed by atoms with Crippen molar-refractivity contribution in [2.45, 2.75) is 78.6 Å². The predicted octanol–water partition coefficient (Wildman–Crippen LogP) is 5.70. The molecule has 0 aromatic rings. The van der Waals surface area contributed by atoms with E-state index in [0.29, 0.717) is 6.61 Å². The summed E-state index contributed by atoms with van der Waals surface area (Å²) >= 11 is 2.24. The summed E-state index contributed by atoms with van der Waals surface area (Å²) in [5, 5.41) is 0.167. The third-order valence-electron chi connectivity index (χ3n) is 4.00. The number of ether oxygens (including phenoxy) is 1. The fraction of sp³-hybridized carbons (Fsp3) is 0.824. The Morgan fingerprint density at radius 1 is 1.18 bits per heavy atom. The van der Waals surface area contributed by atoms with Crippen LogP contribution in [0.25, 0.3) is 0 Å². The van der Waals surface area contributed by atoms with Crippen LogP contribution in [0.1, 0.15) is 54.4 Å². The lowest BCUT2D eigenvalue weighted by Gasteiger charge is -2.39. The Balaban J connectivity index is 4.68. The van der Waals surface area contributed by atoms with Gasteiger partial charge in [-0.3, -0.25) is 4.79 Å². The molecule has 0 saturated heterocycles. The molecule has 0 rings (SSSR count). The second-order valence-corrected chi connectivity index (χ2v) is 14.7. The van der Waals surface area contributed by atoms with Gasteiger partial charge in [-0.2, -0.15) is 0 Å². The zero-order valence-corrected chi connectivity index (χ0v) is 18.7. The number of halogens is 1. The number of esters is 1. The molecule has 0 fully saturated rings. The maximum Gasteiger partial charge on any atom is 0.311 e. The molecule has 0 unspecified atom stereocenters. The summed E-state index contributed by atoms with van der Waals surface area (Å²) in [6.07, 6.45) is 1.59. The normalized spacial score (nSPS) is 14.6. The van der Waals surface area contributed by atoms with Gasteiger partial charge in [-0.25, -0.2) is 0 Å². The smallest absolute Gasteiger partial charge is 0.311 e. The van der Waals surface area contributed by atoms with Crippen LogP contribution in [0.5, 0.6) is 0 Å². The van der Waals surface area contributed by atoms with Crippen molar-refractivity contribution >= 4 is 36.9 Å². The number of carbonyl (C=O) groups excluding carboxylic acids is 1. The van der Waals surface area contributed by atoms with Gasteiger partial charge in [-0.15, -0.1) is 0 Å². The molecule has 0 radical (unpaired) electrons. The van der Waals surface area contributed by atoms with Crippen LogP contribution in [0.3, 0.4) is 0 Å². The van der Waals surface area contributed by atoms with Crippen molar-refractivity contribution in [3.8, 4) is 0 Å². The predicted molar refractivity (Wildman–Crippen MR) is 105 cm³/mol. The van der Waals surface area contributed by atoms with Gasteiger partial charge in [0.15, 0.2) is 8.32 Å². The zero-order valence-electron chi connectivity index (χ0n) is 15.5. The van der Waals surface area contributed by atoms with Crippen molar-refractivity contribution in [3.63, 3.8) is 0 Å². The zero-order chi connectivity index (χ0) is 17.8. The first-order valence-corrected chi connectivity index (χ1v) is 11.8. The lowest BCUT2D eigenvalue weighted by Crippen LogP contribution is -2.44. The molecule has 0 aliphatic carbocycles. The molecule has 0 aliphatic rings. The molecule has 0 saturated carbocycles. The average molecular weight is 440 g/mol. The van der Waals surface area contributed by atoms with Crippen LogP contribution < -0.4 is 0 Å². The molecule has 0 spiro atoms. The molecule has 0 N–H and O–H groups in total. The number of carbonyl (C=O) groups is 1. The Labute approximate surface area is 151 Å². The largest absolute Gasteiger partial charge is 0.465 e. The molecule has 3 nitrogen and oxygen atoms in total. The van der Waals surface area contributed by atoms with Crippen LogP contribution in [0.15, 0.2) is 10.2 Å². The highest BCUT2D eigenvalue weighted by atomic mass is 127. The van der Waals surface area contributed by atoms with E-state index in [9.17, 15) is 4.79 Å². The second-order valence-electron chi connectivity index (χ2n) is 8.40. The van der Waals surface area contributed by atoms with E-state index in [1.54, 1.807) is 0 Å². The Morgan fingerprint density at radius 2 is 1.68 bits per heavy atom. The Morgan fingerprint density at radius 3 is 2.05 bits per heavy atom. The number of hydrogen-bond donors (Lipinski definition) is 0. The molecule has 0 amide bonds. The molecular formula is C17H33IO3Si. The maximum atomic E-state index is 11.8. The van der Waals surface area contributed by atoms with Gasteiger partial charge in [0, 0.05) is 12.8 Å². The van der Waals surface area contributed by atoms with Gasteiger partial charge in [0.2, 0.25) is 0 Å². The van der Waals surface area contributed by atoms with Gasteiger partial charge in [0.25, 0.3) is 0 Å². The van der Waals surface area contributed by atoms with Gasteiger partial charge >= 0.3 is 5.97 Å². The highest BCUT2D eigenvalue weighted by molar-refractivity contribution is 14.1. The number of rotatable bonds is 7. The van der Waals surface area contributed by atoms with E-state index in [0.717, 1.165) is 16.4 Å². The van der Waals surface area contributed by atoms with E-state index >= 15 is 0 Å². The van der Waals surface area contributed by atoms with Gasteiger partial charge in [-0.1, -0.05) is 27.4 Å². The van der Waals surface area contributed by atoms with Crippen molar-refractivity contribution < 1.29 is 14.0 Å². The standard InChI is InChI=1S/C17H33IO3Si/c1-13(18)12-14(21-22(8,9)17(5,6)7)10-11-20-15(19)16(2,3)4/h14H,1,10-12H2,2-9H3/t14-/m0/s1. The summed E-state index contributed by atoms with van der Waals surface area (Å²) in [5.41, 5.74) is -0.456. The minimum absolute atomic E-state index is 0.0676. The summed E-state index contributed by atoms with van der Waals surface area (Å²) in [6.45, 7) is 21.2. The van der Waals surface area contributed by atoms with Crippen LogP contribution in [0.2, 0.25) is 18.1 Å². The second kappa shape index (κ2) is 8.28. The third-order valence-corrected chi connectivity index (χ3v) is 8.98. The summed E-state index contributed by atoms with van der Waals surface area (Å²) in [6, 6.07) is 0. The average Bonchev–Trinajstić information content (AvgIpc) is 2.24. The van der Waals surface area contributed by atoms with E-state index in [1.807, 2.05) is 20.8 Å². The van der Waals surface area contributed by atoms with Crippen LogP contribution in [0.4, 0.5) is 0 Å². The summed E-state index contributed by atoms with van der Waals surface area (Å²) in [7, 11) is -1.83. The molecule has 0 heterocycles. The molecule has 0 aromatic heterocycles. The van der Waals surface area contributed by atoms with E-state index in [2.05, 4.69) is 63.0 Å². The minimum atomic E-state index is -1.83. The minimum Gasteiger partial charge on any atom is -0.465 e. The van der Waals surface area contributed by atoms with Crippen LogP contribution in [-0.2, 0) is 14.0 Å². The third kappa shape index (κ3) is 8.11. The molecule has 0 aliphatic heterocycles. The van der Waals surface area contributed by atoms with Gasteiger partial charge < -0.3 is 9.16 Å². The van der Waals surface area contributed by atoms with Crippen molar-refractivity contribution in [3.05, 3.63) is 10.2 Å². The first-order valence-electron chi connectivity index (χ1n) is 7.85. The van der Waals surface area contributed by atoms with Crippen LogP contribution in [0, 0.1) is 5.41 Å². The first-order chi connectivity index (χ1) is 9.67. The highest BCUT2D eigenvalue weighted by Gasteiger charge is 2.39. The fourth-order valence-corrected chi connectivity index (χ4v) is 3.42. The molecular weight excluding hydrogens is 407 g/mol. The summed E-state index contributed by atoms with van der Waals surface area (Å²) in [4.78, 5) is 11.8. The fourth-order valence-electron chi connectivity index (χ4n) is 1.54. The Hall–Kier alpha value is 0.117. The molecule has 22 heavy (non-hydrogen) atoms. The molecule has 130 valence electrons. The monoisotopic (exact) mass is 440 g/mol. The topological polar surface area (TPSA) is 35.5 Å². The lowest BCUT2D eigenvalue weighted by molar-refractivity contribution is -0.153. The van der Waals surface area contributed by atoms with E-state index in [1.165, 1.54) is 0 Å². The van der Waals surface area contributed by atoms with Crippen molar-refractivity contribution in [2.24, 2.45) is 5.41 Å². The SMILES string of the molecule is C=C(I)C[C@H](CCOC(=O)C(C)(C)C)O[Si](C)(C)C(C)(C)C. The van der Waals surface area contributed by atoms with Crippen molar-refractivity contribution in [1.29, 1.82) is 0 Å². The molecule has 0 bridgehead atoms. The van der Waals surface area contributed by atoms with Gasteiger partial charge in [0.05, 0.1) is 18.1 Å². The molecule has 1 atom stereocenters. The van der Waals surface area contributed by atoms with E-state index in [-0.39, 0.29) is 17.1 Å². The molecule has 0 aromatic carbocycles. The van der Waals surface area contributed by atoms with Crippen molar-refractivity contribution in [2.75, 3.05) is 6.61 Å². The maximum absolute atomic E-state index is 11.8. The Bertz CT molecular complexity index is 392. The molecule has 5 heteroatoms. The highest BCUT2D eigenvalue weighted by Crippen LogP contribution is 2.38. The summed E-state index contributed by atoms with van der Waals surface area (Å²) < 4.78 is 12.9. The van der Waals surface area contributed by atoms with Crippen LogP contribution >= 0.6 is 22.6 Å². The van der Waals surface area contributed by atoms with Crippen molar-refractivity contribution in [1.82, 2.24) is 0 Å². The van der Waals surface area contributed by atoms with Gasteiger partial charge in [0.1, 0.15) is 0 Å². The number of hydrogen-bond acceptors (Lipinski definition) is 3. The lowest BCUT2D eigenvalue weighted by atomic mass is 9.97. The van der Waals surface area contributed by atoms with E-state index < -0.39 is 13.7 Å². The quantitative estimate of drug-likeness (QED) is 0.290. The van der Waals surface area contributed by atoms with E-state index in [4.69, 9.17) is 9.16 Å². The van der Waals surface area contributed by atoms with Gasteiger partial charge in [-0.05, 0) is 65.1 Å². The van der Waals surface area contributed by atoms with Crippen LogP contribution in [-0.4, -0.2) is 27.0 Å². The first kappa shape index (κ1) is 22.1. The Kier molecular flexibility index (Phi) is 8.33.